The fourth-order valence-electron chi connectivity index (χ4n) is 3.43. The number of thioether (sulfide) groups is 1. The standard InChI is InChI=1S/C23H18ClN5O2S2/c1-14-12-32-22-25-17(11-20(30)28(14)22)13-33-23-27-26-21(15-3-5-16(24)6-4-15)29(23)18-7-9-19(31-2)10-8-18/h3-12H,13H2,1-2H3. The molecule has 33 heavy (non-hydrogen) atoms. The second kappa shape index (κ2) is 9.01. The van der Waals surface area contributed by atoms with Crippen molar-refractivity contribution in [3.8, 4) is 22.8 Å². The van der Waals surface area contributed by atoms with E-state index < -0.39 is 0 Å². The Hall–Kier alpha value is -3.14. The zero-order valence-electron chi connectivity index (χ0n) is 17.7. The first-order valence-corrected chi connectivity index (χ1v) is 12.2. The lowest BCUT2D eigenvalue weighted by Crippen LogP contribution is -2.14. The van der Waals surface area contributed by atoms with E-state index in [0.29, 0.717) is 32.4 Å². The number of halogens is 1. The lowest BCUT2D eigenvalue weighted by molar-refractivity contribution is 0.414. The second-order valence-electron chi connectivity index (χ2n) is 7.22. The third kappa shape index (κ3) is 4.27. The van der Waals surface area contributed by atoms with E-state index in [1.54, 1.807) is 17.6 Å². The van der Waals surface area contributed by atoms with Crippen LogP contribution in [0.25, 0.3) is 22.0 Å². The maximum atomic E-state index is 12.5. The first kappa shape index (κ1) is 21.7. The molecule has 10 heteroatoms. The number of ether oxygens (including phenoxy) is 1. The van der Waals surface area contributed by atoms with Gasteiger partial charge in [0.25, 0.3) is 5.56 Å². The van der Waals surface area contributed by atoms with Crippen molar-refractivity contribution in [2.24, 2.45) is 0 Å². The number of fused-ring (bicyclic) bond motifs is 1. The van der Waals surface area contributed by atoms with Gasteiger partial charge in [0.15, 0.2) is 15.9 Å². The van der Waals surface area contributed by atoms with Gasteiger partial charge in [0.2, 0.25) is 0 Å². The number of benzene rings is 2. The minimum atomic E-state index is -0.0761. The van der Waals surface area contributed by atoms with Crippen molar-refractivity contribution in [3.63, 3.8) is 0 Å². The highest BCUT2D eigenvalue weighted by Crippen LogP contribution is 2.31. The van der Waals surface area contributed by atoms with Crippen molar-refractivity contribution < 1.29 is 4.74 Å². The van der Waals surface area contributed by atoms with E-state index in [1.165, 1.54) is 23.1 Å². The maximum absolute atomic E-state index is 12.5. The molecule has 166 valence electrons. The summed E-state index contributed by atoms with van der Waals surface area (Å²) in [5.41, 5.74) is 3.29. The summed E-state index contributed by atoms with van der Waals surface area (Å²) >= 11 is 9.00. The van der Waals surface area contributed by atoms with Crippen molar-refractivity contribution in [1.82, 2.24) is 24.1 Å². The summed E-state index contributed by atoms with van der Waals surface area (Å²) in [5.74, 6) is 1.94. The van der Waals surface area contributed by atoms with E-state index in [-0.39, 0.29) is 5.56 Å². The van der Waals surface area contributed by atoms with Gasteiger partial charge in [-0.2, -0.15) is 0 Å². The fraction of sp³-hybridized carbons (Fsp3) is 0.130. The van der Waals surface area contributed by atoms with Crippen LogP contribution in [0.5, 0.6) is 5.75 Å². The van der Waals surface area contributed by atoms with E-state index in [9.17, 15) is 4.79 Å². The molecule has 7 nitrogen and oxygen atoms in total. The van der Waals surface area contributed by atoms with Crippen LogP contribution >= 0.6 is 34.7 Å². The monoisotopic (exact) mass is 495 g/mol. The molecule has 0 aliphatic carbocycles. The molecule has 0 radical (unpaired) electrons. The van der Waals surface area contributed by atoms with Crippen LogP contribution in [-0.4, -0.2) is 31.3 Å². The Morgan fingerprint density at radius 3 is 2.58 bits per heavy atom. The molecule has 0 aliphatic heterocycles. The molecule has 5 aromatic rings. The molecule has 0 atom stereocenters. The van der Waals surface area contributed by atoms with Crippen LogP contribution in [-0.2, 0) is 5.75 Å². The minimum absolute atomic E-state index is 0.0761. The largest absolute Gasteiger partial charge is 0.497 e. The van der Waals surface area contributed by atoms with Crippen molar-refractivity contribution in [1.29, 1.82) is 0 Å². The van der Waals surface area contributed by atoms with Gasteiger partial charge in [-0.25, -0.2) is 4.98 Å². The number of rotatable bonds is 6. The van der Waals surface area contributed by atoms with E-state index in [4.69, 9.17) is 16.3 Å². The Morgan fingerprint density at radius 1 is 1.09 bits per heavy atom. The van der Waals surface area contributed by atoms with Crippen LogP contribution in [0.3, 0.4) is 0 Å². The Labute approximate surface area is 202 Å². The zero-order chi connectivity index (χ0) is 22.9. The van der Waals surface area contributed by atoms with E-state index >= 15 is 0 Å². The number of thiazole rings is 1. The number of hydrogen-bond acceptors (Lipinski definition) is 7. The molecule has 2 aromatic carbocycles. The van der Waals surface area contributed by atoms with Gasteiger partial charge in [-0.1, -0.05) is 23.4 Å². The summed E-state index contributed by atoms with van der Waals surface area (Å²) in [6, 6.07) is 16.8. The van der Waals surface area contributed by atoms with Crippen molar-refractivity contribution in [3.05, 3.63) is 86.7 Å². The van der Waals surface area contributed by atoms with Crippen LogP contribution in [0.4, 0.5) is 0 Å². The molecular weight excluding hydrogens is 478 g/mol. The Morgan fingerprint density at radius 2 is 1.85 bits per heavy atom. The van der Waals surface area contributed by atoms with E-state index in [0.717, 1.165) is 22.7 Å². The fourth-order valence-corrected chi connectivity index (χ4v) is 5.29. The third-order valence-corrected chi connectivity index (χ3v) is 7.20. The van der Waals surface area contributed by atoms with Gasteiger partial charge in [-0.3, -0.25) is 13.8 Å². The van der Waals surface area contributed by atoms with Gasteiger partial charge in [0, 0.05) is 39.2 Å². The predicted molar refractivity (Wildman–Crippen MR) is 132 cm³/mol. The molecular formula is C23H18ClN5O2S2. The normalized spacial score (nSPS) is 11.2. The van der Waals surface area contributed by atoms with Gasteiger partial charge in [-0.05, 0) is 55.5 Å². The molecule has 0 saturated heterocycles. The molecule has 0 N–H and O–H groups in total. The Bertz CT molecular complexity index is 1490. The highest BCUT2D eigenvalue weighted by atomic mass is 35.5. The van der Waals surface area contributed by atoms with Crippen LogP contribution in [0, 0.1) is 6.92 Å². The molecule has 0 spiro atoms. The minimum Gasteiger partial charge on any atom is -0.497 e. The van der Waals surface area contributed by atoms with Gasteiger partial charge < -0.3 is 4.74 Å². The quantitative estimate of drug-likeness (QED) is 0.299. The van der Waals surface area contributed by atoms with Crippen molar-refractivity contribution >= 4 is 39.7 Å². The summed E-state index contributed by atoms with van der Waals surface area (Å²) in [4.78, 5) is 17.9. The molecule has 0 fully saturated rings. The van der Waals surface area contributed by atoms with Gasteiger partial charge in [0.05, 0.1) is 12.8 Å². The maximum Gasteiger partial charge on any atom is 0.258 e. The van der Waals surface area contributed by atoms with Gasteiger partial charge in [-0.15, -0.1) is 21.5 Å². The van der Waals surface area contributed by atoms with Crippen LogP contribution < -0.4 is 10.3 Å². The summed E-state index contributed by atoms with van der Waals surface area (Å²) in [6.07, 6.45) is 0. The van der Waals surface area contributed by atoms with Crippen molar-refractivity contribution in [2.75, 3.05) is 7.11 Å². The molecule has 3 aromatic heterocycles. The number of aryl methyl sites for hydroxylation is 1. The zero-order valence-corrected chi connectivity index (χ0v) is 20.1. The lowest BCUT2D eigenvalue weighted by atomic mass is 10.2. The number of hydrogen-bond donors (Lipinski definition) is 0. The summed E-state index contributed by atoms with van der Waals surface area (Å²) < 4.78 is 8.90. The molecule has 3 heterocycles. The Balaban J connectivity index is 1.52. The van der Waals surface area contributed by atoms with Crippen LogP contribution in [0.15, 0.2) is 69.9 Å². The van der Waals surface area contributed by atoms with Crippen molar-refractivity contribution in [2.45, 2.75) is 17.8 Å². The second-order valence-corrected chi connectivity index (χ2v) is 9.43. The average Bonchev–Trinajstić information content (AvgIpc) is 3.42. The third-order valence-electron chi connectivity index (χ3n) is 5.04. The van der Waals surface area contributed by atoms with Crippen LogP contribution in [0.1, 0.15) is 11.4 Å². The molecule has 0 bridgehead atoms. The number of methoxy groups -OCH3 is 1. The average molecular weight is 496 g/mol. The lowest BCUT2D eigenvalue weighted by Gasteiger charge is -2.11. The summed E-state index contributed by atoms with van der Waals surface area (Å²) in [5, 5.41) is 12.2. The van der Waals surface area contributed by atoms with Gasteiger partial charge >= 0.3 is 0 Å². The predicted octanol–water partition coefficient (Wildman–Crippen LogP) is 5.27. The summed E-state index contributed by atoms with van der Waals surface area (Å²) in [7, 11) is 1.63. The van der Waals surface area contributed by atoms with E-state index in [1.807, 2.05) is 65.4 Å². The summed E-state index contributed by atoms with van der Waals surface area (Å²) in [6.45, 7) is 1.90. The SMILES string of the molecule is COc1ccc(-n2c(SCc3cc(=O)n4c(C)csc4n3)nnc2-c2ccc(Cl)cc2)cc1. The molecule has 0 aliphatic rings. The molecule has 0 unspecified atom stereocenters. The highest BCUT2D eigenvalue weighted by Gasteiger charge is 2.17. The first-order valence-electron chi connectivity index (χ1n) is 9.99. The smallest absolute Gasteiger partial charge is 0.258 e. The number of aromatic nitrogens is 5. The molecule has 0 amide bonds. The highest BCUT2D eigenvalue weighted by molar-refractivity contribution is 7.98. The van der Waals surface area contributed by atoms with Gasteiger partial charge in [0.1, 0.15) is 5.75 Å². The van der Waals surface area contributed by atoms with E-state index in [2.05, 4.69) is 15.2 Å². The van der Waals surface area contributed by atoms with Crippen LogP contribution in [0.2, 0.25) is 5.02 Å². The first-order chi connectivity index (χ1) is 16.0. The topological polar surface area (TPSA) is 74.3 Å². The molecule has 0 saturated carbocycles. The number of nitrogens with zero attached hydrogens (tertiary/aromatic N) is 5. The molecule has 5 rings (SSSR count). The Kier molecular flexibility index (Phi) is 5.92.